The molecule has 1 rings (SSSR count). The zero-order valence-electron chi connectivity index (χ0n) is 15.8. The molecule has 0 radical (unpaired) electrons. The minimum absolute atomic E-state index is 0.250. The van der Waals surface area contributed by atoms with E-state index in [2.05, 4.69) is 58.2 Å². The first-order valence-electron chi connectivity index (χ1n) is 8.04. The molecular weight excluding hydrogens is 284 g/mol. The summed E-state index contributed by atoms with van der Waals surface area (Å²) in [5.41, 5.74) is 2.89. The van der Waals surface area contributed by atoms with Crippen molar-refractivity contribution in [2.75, 3.05) is 0 Å². The van der Waals surface area contributed by atoms with E-state index < -0.39 is 0 Å². The molecule has 0 heterocycles. The van der Waals surface area contributed by atoms with Crippen LogP contribution in [-0.4, -0.2) is 11.6 Å². The SMILES string of the molecule is C=C(C)C(=O)OC(C)(C)CC.C=Cc1ccc(C(C)(C)C)cc1. The zero-order valence-corrected chi connectivity index (χ0v) is 15.8. The molecule has 0 N–H and O–H groups in total. The molecular formula is C21H32O2. The van der Waals surface area contributed by atoms with Crippen molar-refractivity contribution in [2.45, 2.75) is 65.9 Å². The molecule has 0 aliphatic heterocycles. The lowest BCUT2D eigenvalue weighted by molar-refractivity contribution is -0.151. The Balaban J connectivity index is 0.000000423. The van der Waals surface area contributed by atoms with Crippen molar-refractivity contribution in [1.29, 1.82) is 0 Å². The van der Waals surface area contributed by atoms with Crippen molar-refractivity contribution in [2.24, 2.45) is 0 Å². The summed E-state index contributed by atoms with van der Waals surface area (Å²) < 4.78 is 5.11. The summed E-state index contributed by atoms with van der Waals surface area (Å²) >= 11 is 0. The molecule has 2 heteroatoms. The predicted octanol–water partition coefficient (Wildman–Crippen LogP) is 5.92. The van der Waals surface area contributed by atoms with E-state index in [1.165, 1.54) is 11.1 Å². The Morgan fingerprint density at radius 3 is 1.91 bits per heavy atom. The number of ether oxygens (including phenoxy) is 1. The van der Waals surface area contributed by atoms with Crippen LogP contribution in [-0.2, 0) is 14.9 Å². The van der Waals surface area contributed by atoms with Crippen LogP contribution in [0.1, 0.15) is 66.0 Å². The van der Waals surface area contributed by atoms with Gasteiger partial charge in [-0.1, -0.05) is 71.2 Å². The van der Waals surface area contributed by atoms with Crippen LogP contribution < -0.4 is 0 Å². The quantitative estimate of drug-likeness (QED) is 0.509. The monoisotopic (exact) mass is 316 g/mol. The molecule has 0 amide bonds. The van der Waals surface area contributed by atoms with E-state index in [0.29, 0.717) is 5.57 Å². The van der Waals surface area contributed by atoms with E-state index >= 15 is 0 Å². The second-order valence-corrected chi connectivity index (χ2v) is 7.36. The molecule has 2 nitrogen and oxygen atoms in total. The molecule has 1 aromatic carbocycles. The topological polar surface area (TPSA) is 26.3 Å². The summed E-state index contributed by atoms with van der Waals surface area (Å²) in [5.74, 6) is -0.308. The minimum Gasteiger partial charge on any atom is -0.456 e. The molecule has 0 bridgehead atoms. The number of esters is 1. The van der Waals surface area contributed by atoms with Crippen LogP contribution in [0.5, 0.6) is 0 Å². The van der Waals surface area contributed by atoms with Crippen LogP contribution in [0.25, 0.3) is 6.08 Å². The van der Waals surface area contributed by atoms with E-state index in [4.69, 9.17) is 4.74 Å². The third-order valence-corrected chi connectivity index (χ3v) is 3.58. The Labute approximate surface area is 142 Å². The summed E-state index contributed by atoms with van der Waals surface area (Å²) in [7, 11) is 0. The van der Waals surface area contributed by atoms with Gasteiger partial charge < -0.3 is 4.74 Å². The van der Waals surface area contributed by atoms with Gasteiger partial charge in [-0.2, -0.15) is 0 Å². The number of rotatable bonds is 4. The van der Waals surface area contributed by atoms with Crippen LogP contribution in [0.15, 0.2) is 43.0 Å². The highest BCUT2D eigenvalue weighted by Gasteiger charge is 2.20. The highest BCUT2D eigenvalue weighted by molar-refractivity contribution is 5.87. The normalized spacial score (nSPS) is 11.1. The van der Waals surface area contributed by atoms with Crippen molar-refractivity contribution in [3.05, 3.63) is 54.1 Å². The average molecular weight is 316 g/mol. The molecule has 0 spiro atoms. The maximum absolute atomic E-state index is 11.0. The number of carbonyl (C=O) groups excluding carboxylic acids is 1. The highest BCUT2D eigenvalue weighted by atomic mass is 16.6. The average Bonchev–Trinajstić information content (AvgIpc) is 2.46. The van der Waals surface area contributed by atoms with E-state index in [-0.39, 0.29) is 17.0 Å². The lowest BCUT2D eigenvalue weighted by atomic mass is 9.87. The molecule has 0 aliphatic carbocycles. The first-order valence-corrected chi connectivity index (χ1v) is 8.04. The largest absolute Gasteiger partial charge is 0.456 e. The van der Waals surface area contributed by atoms with Crippen LogP contribution in [0, 0.1) is 0 Å². The van der Waals surface area contributed by atoms with E-state index in [1.54, 1.807) is 6.92 Å². The second kappa shape index (κ2) is 8.71. The van der Waals surface area contributed by atoms with Gasteiger partial charge in [-0.05, 0) is 43.7 Å². The third kappa shape index (κ3) is 8.39. The lowest BCUT2D eigenvalue weighted by Crippen LogP contribution is -2.27. The smallest absolute Gasteiger partial charge is 0.333 e. The van der Waals surface area contributed by atoms with Crippen LogP contribution in [0.4, 0.5) is 0 Å². The molecule has 0 aromatic heterocycles. The fourth-order valence-electron chi connectivity index (χ4n) is 1.53. The number of carbonyl (C=O) groups is 1. The fourth-order valence-corrected chi connectivity index (χ4v) is 1.53. The Morgan fingerprint density at radius 2 is 1.61 bits per heavy atom. The molecule has 1 aromatic rings. The van der Waals surface area contributed by atoms with Gasteiger partial charge in [0.25, 0.3) is 0 Å². The number of hydrogen-bond acceptors (Lipinski definition) is 2. The van der Waals surface area contributed by atoms with Crippen LogP contribution >= 0.6 is 0 Å². The first-order chi connectivity index (χ1) is 10.4. The Bertz CT molecular complexity index is 528. The number of hydrogen-bond donors (Lipinski definition) is 0. The van der Waals surface area contributed by atoms with E-state index in [9.17, 15) is 4.79 Å². The van der Waals surface area contributed by atoms with E-state index in [1.807, 2.05) is 26.8 Å². The maximum Gasteiger partial charge on any atom is 0.333 e. The molecule has 0 fully saturated rings. The summed E-state index contributed by atoms with van der Waals surface area (Å²) in [6.45, 7) is 21.3. The molecule has 0 unspecified atom stereocenters. The molecule has 0 saturated heterocycles. The van der Waals surface area contributed by atoms with Crippen LogP contribution in [0.2, 0.25) is 0 Å². The third-order valence-electron chi connectivity index (χ3n) is 3.58. The fraction of sp³-hybridized carbons (Fsp3) is 0.476. The predicted molar refractivity (Wildman–Crippen MR) is 101 cm³/mol. The minimum atomic E-state index is -0.365. The van der Waals surface area contributed by atoms with Gasteiger partial charge in [-0.3, -0.25) is 0 Å². The zero-order chi connectivity index (χ0) is 18.3. The van der Waals surface area contributed by atoms with Gasteiger partial charge in [-0.25, -0.2) is 4.79 Å². The van der Waals surface area contributed by atoms with Gasteiger partial charge in [0.2, 0.25) is 0 Å². The van der Waals surface area contributed by atoms with Gasteiger partial charge in [0.05, 0.1) is 0 Å². The van der Waals surface area contributed by atoms with Crippen molar-refractivity contribution in [1.82, 2.24) is 0 Å². The lowest BCUT2D eigenvalue weighted by Gasteiger charge is -2.23. The number of benzene rings is 1. The summed E-state index contributed by atoms with van der Waals surface area (Å²) in [6.07, 6.45) is 2.68. The van der Waals surface area contributed by atoms with Gasteiger partial charge in [-0.15, -0.1) is 0 Å². The summed E-state index contributed by atoms with van der Waals surface area (Å²) in [4.78, 5) is 11.0. The molecule has 0 aliphatic rings. The van der Waals surface area contributed by atoms with Crippen molar-refractivity contribution in [3.8, 4) is 0 Å². The summed E-state index contributed by atoms with van der Waals surface area (Å²) in [5, 5.41) is 0. The van der Waals surface area contributed by atoms with Gasteiger partial charge in [0.15, 0.2) is 0 Å². The van der Waals surface area contributed by atoms with Crippen LogP contribution in [0.3, 0.4) is 0 Å². The molecule has 128 valence electrons. The van der Waals surface area contributed by atoms with Gasteiger partial charge in [0, 0.05) is 5.57 Å². The first kappa shape index (κ1) is 21.2. The van der Waals surface area contributed by atoms with Crippen molar-refractivity contribution >= 4 is 12.0 Å². The standard InChI is InChI=1S/C12H16.C9H16O2/c1-5-10-6-8-11(9-7-10)12(2,3)4;1-6-9(4,5)11-8(10)7(2)3/h5-9H,1H2,2-4H3;2,6H2,1,3-5H3. The Hall–Kier alpha value is -1.83. The molecule has 23 heavy (non-hydrogen) atoms. The highest BCUT2D eigenvalue weighted by Crippen LogP contribution is 2.22. The Kier molecular flexibility index (Phi) is 8.02. The second-order valence-electron chi connectivity index (χ2n) is 7.36. The summed E-state index contributed by atoms with van der Waals surface area (Å²) in [6, 6.07) is 8.54. The van der Waals surface area contributed by atoms with Gasteiger partial charge >= 0.3 is 5.97 Å². The molecule has 0 atom stereocenters. The van der Waals surface area contributed by atoms with Crippen molar-refractivity contribution < 1.29 is 9.53 Å². The van der Waals surface area contributed by atoms with Gasteiger partial charge in [0.1, 0.15) is 5.60 Å². The Morgan fingerprint density at radius 1 is 1.13 bits per heavy atom. The molecule has 0 saturated carbocycles. The maximum atomic E-state index is 11.0. The van der Waals surface area contributed by atoms with E-state index in [0.717, 1.165) is 6.42 Å². The van der Waals surface area contributed by atoms with Crippen molar-refractivity contribution in [3.63, 3.8) is 0 Å².